The molecule has 110 valence electrons. The molecule has 0 aromatic carbocycles. The van der Waals surface area contributed by atoms with Crippen molar-refractivity contribution in [2.45, 2.75) is 25.9 Å². The van der Waals surface area contributed by atoms with E-state index in [1.165, 1.54) is 0 Å². The standard InChI is InChI=1S/C15H20N6/c1-12-7-15(19-11-18-12)20(2)14-3-6-21(10-14)9-13-8-16-4-5-17-13/h4-5,7-8,11,14H,3,6,9-10H2,1-2H3. The lowest BCUT2D eigenvalue weighted by Crippen LogP contribution is -2.35. The fourth-order valence-electron chi connectivity index (χ4n) is 2.73. The Bertz CT molecular complexity index is 588. The van der Waals surface area contributed by atoms with E-state index in [9.17, 15) is 0 Å². The number of aryl methyl sites for hydroxylation is 1. The van der Waals surface area contributed by atoms with E-state index < -0.39 is 0 Å². The first kappa shape index (κ1) is 13.9. The minimum absolute atomic E-state index is 0.482. The van der Waals surface area contributed by atoms with Crippen LogP contribution in [-0.4, -0.2) is 51.0 Å². The number of hydrogen-bond donors (Lipinski definition) is 0. The van der Waals surface area contributed by atoms with Gasteiger partial charge in [-0.15, -0.1) is 0 Å². The van der Waals surface area contributed by atoms with Crippen molar-refractivity contribution in [3.05, 3.63) is 42.4 Å². The van der Waals surface area contributed by atoms with Crippen LogP contribution in [0.5, 0.6) is 0 Å². The summed E-state index contributed by atoms with van der Waals surface area (Å²) < 4.78 is 0. The van der Waals surface area contributed by atoms with Crippen molar-refractivity contribution in [3.8, 4) is 0 Å². The Morgan fingerprint density at radius 1 is 1.29 bits per heavy atom. The highest BCUT2D eigenvalue weighted by molar-refractivity contribution is 5.39. The molecule has 2 aromatic rings. The second-order valence-corrected chi connectivity index (χ2v) is 5.50. The van der Waals surface area contributed by atoms with Gasteiger partial charge in [0.25, 0.3) is 0 Å². The van der Waals surface area contributed by atoms with Gasteiger partial charge in [-0.25, -0.2) is 9.97 Å². The lowest BCUT2D eigenvalue weighted by atomic mass is 10.2. The molecule has 0 radical (unpaired) electrons. The molecule has 2 aromatic heterocycles. The Morgan fingerprint density at radius 3 is 2.95 bits per heavy atom. The molecule has 3 heterocycles. The van der Waals surface area contributed by atoms with Crippen LogP contribution in [-0.2, 0) is 6.54 Å². The minimum atomic E-state index is 0.482. The van der Waals surface area contributed by atoms with Crippen molar-refractivity contribution in [1.82, 2.24) is 24.8 Å². The minimum Gasteiger partial charge on any atom is -0.355 e. The van der Waals surface area contributed by atoms with Crippen LogP contribution in [0.25, 0.3) is 0 Å². The quantitative estimate of drug-likeness (QED) is 0.843. The highest BCUT2D eigenvalue weighted by atomic mass is 15.3. The van der Waals surface area contributed by atoms with Crippen molar-refractivity contribution in [2.24, 2.45) is 0 Å². The molecule has 6 nitrogen and oxygen atoms in total. The normalized spacial score (nSPS) is 18.9. The number of hydrogen-bond acceptors (Lipinski definition) is 6. The van der Waals surface area contributed by atoms with Crippen LogP contribution in [0.3, 0.4) is 0 Å². The van der Waals surface area contributed by atoms with Crippen molar-refractivity contribution < 1.29 is 0 Å². The highest BCUT2D eigenvalue weighted by Gasteiger charge is 2.26. The van der Waals surface area contributed by atoms with Crippen LogP contribution < -0.4 is 4.90 Å². The van der Waals surface area contributed by atoms with Gasteiger partial charge in [0, 0.05) is 63.1 Å². The number of anilines is 1. The van der Waals surface area contributed by atoms with Crippen LogP contribution in [0.4, 0.5) is 5.82 Å². The molecular formula is C15H20N6. The Hall–Kier alpha value is -2.08. The van der Waals surface area contributed by atoms with Gasteiger partial charge in [-0.3, -0.25) is 14.9 Å². The number of nitrogens with zero attached hydrogens (tertiary/aromatic N) is 6. The van der Waals surface area contributed by atoms with Crippen LogP contribution in [0.15, 0.2) is 31.0 Å². The fourth-order valence-corrected chi connectivity index (χ4v) is 2.73. The van der Waals surface area contributed by atoms with Gasteiger partial charge in [-0.1, -0.05) is 0 Å². The molecule has 0 N–H and O–H groups in total. The maximum atomic E-state index is 4.37. The summed E-state index contributed by atoms with van der Waals surface area (Å²) in [5, 5.41) is 0. The van der Waals surface area contributed by atoms with Crippen molar-refractivity contribution in [1.29, 1.82) is 0 Å². The van der Waals surface area contributed by atoms with Gasteiger partial charge in [0.05, 0.1) is 5.69 Å². The molecule has 0 bridgehead atoms. The maximum absolute atomic E-state index is 4.37. The van der Waals surface area contributed by atoms with Crippen molar-refractivity contribution in [3.63, 3.8) is 0 Å². The van der Waals surface area contributed by atoms with Crippen LogP contribution in [0.1, 0.15) is 17.8 Å². The highest BCUT2D eigenvalue weighted by Crippen LogP contribution is 2.20. The van der Waals surface area contributed by atoms with Crippen LogP contribution in [0.2, 0.25) is 0 Å². The summed E-state index contributed by atoms with van der Waals surface area (Å²) in [5.41, 5.74) is 2.03. The Morgan fingerprint density at radius 2 is 2.19 bits per heavy atom. The summed E-state index contributed by atoms with van der Waals surface area (Å²) in [4.78, 5) is 21.7. The SMILES string of the molecule is Cc1cc(N(C)C2CCN(Cc3cnccn3)C2)ncn1. The molecule has 21 heavy (non-hydrogen) atoms. The second-order valence-electron chi connectivity index (χ2n) is 5.50. The molecule has 3 rings (SSSR count). The molecule has 0 saturated carbocycles. The Balaban J connectivity index is 1.61. The Labute approximate surface area is 124 Å². The third kappa shape index (κ3) is 3.33. The molecule has 1 aliphatic rings. The van der Waals surface area contributed by atoms with Gasteiger partial charge in [0.1, 0.15) is 12.1 Å². The summed E-state index contributed by atoms with van der Waals surface area (Å²) in [6.45, 7) is 4.96. The molecule has 1 unspecified atom stereocenters. The Kier molecular flexibility index (Phi) is 4.06. The van der Waals surface area contributed by atoms with Crippen LogP contribution >= 0.6 is 0 Å². The average Bonchev–Trinajstić information content (AvgIpc) is 2.96. The van der Waals surface area contributed by atoms with E-state index in [-0.39, 0.29) is 0 Å². The predicted octanol–water partition coefficient (Wildman–Crippen LogP) is 1.29. The van der Waals surface area contributed by atoms with E-state index in [0.717, 1.165) is 43.3 Å². The third-order valence-corrected chi connectivity index (χ3v) is 3.95. The molecular weight excluding hydrogens is 264 g/mol. The summed E-state index contributed by atoms with van der Waals surface area (Å²) in [7, 11) is 2.11. The topological polar surface area (TPSA) is 58.0 Å². The zero-order chi connectivity index (χ0) is 14.7. The second kappa shape index (κ2) is 6.13. The van der Waals surface area contributed by atoms with E-state index in [1.807, 2.05) is 19.2 Å². The molecule has 1 aliphatic heterocycles. The molecule has 0 aliphatic carbocycles. The van der Waals surface area contributed by atoms with E-state index in [0.29, 0.717) is 6.04 Å². The maximum Gasteiger partial charge on any atom is 0.132 e. The largest absolute Gasteiger partial charge is 0.355 e. The molecule has 1 saturated heterocycles. The number of rotatable bonds is 4. The van der Waals surface area contributed by atoms with Crippen LogP contribution in [0, 0.1) is 6.92 Å². The number of likely N-dealkylation sites (tertiary alicyclic amines) is 1. The molecule has 6 heteroatoms. The lowest BCUT2D eigenvalue weighted by molar-refractivity contribution is 0.321. The smallest absolute Gasteiger partial charge is 0.132 e. The summed E-state index contributed by atoms with van der Waals surface area (Å²) in [6, 6.07) is 2.52. The van der Waals surface area contributed by atoms with E-state index in [4.69, 9.17) is 0 Å². The third-order valence-electron chi connectivity index (χ3n) is 3.95. The van der Waals surface area contributed by atoms with Gasteiger partial charge in [0.15, 0.2) is 0 Å². The van der Waals surface area contributed by atoms with E-state index >= 15 is 0 Å². The molecule has 0 amide bonds. The van der Waals surface area contributed by atoms with Crippen molar-refractivity contribution in [2.75, 3.05) is 25.0 Å². The average molecular weight is 284 g/mol. The van der Waals surface area contributed by atoms with E-state index in [1.54, 1.807) is 18.7 Å². The summed E-state index contributed by atoms with van der Waals surface area (Å²) in [5.74, 6) is 0.994. The fraction of sp³-hybridized carbons (Fsp3) is 0.467. The van der Waals surface area contributed by atoms with Gasteiger partial charge in [-0.05, 0) is 13.3 Å². The zero-order valence-corrected chi connectivity index (χ0v) is 12.5. The first-order valence-corrected chi connectivity index (χ1v) is 7.21. The monoisotopic (exact) mass is 284 g/mol. The number of likely N-dealkylation sites (N-methyl/N-ethyl adjacent to an activating group) is 1. The first-order valence-electron chi connectivity index (χ1n) is 7.21. The summed E-state index contributed by atoms with van der Waals surface area (Å²) in [6.07, 6.45) is 8.07. The zero-order valence-electron chi connectivity index (χ0n) is 12.5. The van der Waals surface area contributed by atoms with Gasteiger partial charge in [0.2, 0.25) is 0 Å². The molecule has 1 atom stereocenters. The van der Waals surface area contributed by atoms with E-state index in [2.05, 4.69) is 36.8 Å². The number of aromatic nitrogens is 4. The summed E-state index contributed by atoms with van der Waals surface area (Å²) >= 11 is 0. The van der Waals surface area contributed by atoms with Gasteiger partial charge < -0.3 is 4.90 Å². The predicted molar refractivity (Wildman–Crippen MR) is 80.9 cm³/mol. The lowest BCUT2D eigenvalue weighted by Gasteiger charge is -2.26. The van der Waals surface area contributed by atoms with Crippen molar-refractivity contribution >= 4 is 5.82 Å². The molecule has 0 spiro atoms. The first-order chi connectivity index (χ1) is 10.2. The van der Waals surface area contributed by atoms with Gasteiger partial charge in [-0.2, -0.15) is 0 Å². The molecule has 1 fully saturated rings. The van der Waals surface area contributed by atoms with Gasteiger partial charge >= 0.3 is 0 Å².